The minimum Gasteiger partial charge on any atom is -0.325 e. The van der Waals surface area contributed by atoms with E-state index in [1.807, 2.05) is 25.1 Å². The molecule has 2 atom stereocenters. The Morgan fingerprint density at radius 3 is 2.33 bits per heavy atom. The van der Waals surface area contributed by atoms with Crippen molar-refractivity contribution in [2.75, 3.05) is 19.4 Å². The molecule has 158 valence electrons. The molecule has 0 aromatic heterocycles. The van der Waals surface area contributed by atoms with Gasteiger partial charge < -0.3 is 5.32 Å². The molecule has 0 radical (unpaired) electrons. The minimum absolute atomic E-state index is 0.0442. The average Bonchev–Trinajstić information content (AvgIpc) is 2.73. The molecule has 30 heavy (non-hydrogen) atoms. The number of hydrogen-bond donors (Lipinski definition) is 2. The van der Waals surface area contributed by atoms with E-state index in [1.165, 1.54) is 26.2 Å². The first-order valence-corrected chi connectivity index (χ1v) is 11.2. The van der Waals surface area contributed by atoms with Gasteiger partial charge >= 0.3 is 0 Å². The van der Waals surface area contributed by atoms with Crippen molar-refractivity contribution in [2.45, 2.75) is 30.8 Å². The topological polar surface area (TPSA) is 78.5 Å². The van der Waals surface area contributed by atoms with Crippen molar-refractivity contribution in [3.63, 3.8) is 0 Å². The molecule has 3 rings (SSSR count). The van der Waals surface area contributed by atoms with Crippen molar-refractivity contribution in [3.8, 4) is 0 Å². The number of amides is 1. The standard InChI is InChI=1S/C23H27N3O3S/c1-16(21-14-7-10-18-9-5-6-13-22(18)21)24-17(2)23(27)25-19-11-8-12-20(15-19)30(28,29)26(3)4/h5-17,24H,1-4H3,(H,25,27). The van der Waals surface area contributed by atoms with Gasteiger partial charge in [-0.15, -0.1) is 0 Å². The molecule has 0 spiro atoms. The zero-order valence-electron chi connectivity index (χ0n) is 17.6. The molecule has 0 heterocycles. The highest BCUT2D eigenvalue weighted by molar-refractivity contribution is 7.89. The lowest BCUT2D eigenvalue weighted by Gasteiger charge is -2.21. The van der Waals surface area contributed by atoms with Crippen LogP contribution in [0.3, 0.4) is 0 Å². The maximum absolute atomic E-state index is 12.7. The summed E-state index contributed by atoms with van der Waals surface area (Å²) < 4.78 is 25.8. The Labute approximate surface area is 178 Å². The van der Waals surface area contributed by atoms with Crippen LogP contribution >= 0.6 is 0 Å². The second kappa shape index (κ2) is 8.95. The van der Waals surface area contributed by atoms with E-state index in [4.69, 9.17) is 0 Å². The molecule has 0 aliphatic rings. The van der Waals surface area contributed by atoms with Gasteiger partial charge in [0.2, 0.25) is 15.9 Å². The molecule has 7 heteroatoms. The first kappa shape index (κ1) is 22.0. The monoisotopic (exact) mass is 425 g/mol. The summed E-state index contributed by atoms with van der Waals surface area (Å²) in [6, 6.07) is 20.0. The highest BCUT2D eigenvalue weighted by atomic mass is 32.2. The molecule has 0 saturated carbocycles. The van der Waals surface area contributed by atoms with Crippen molar-refractivity contribution < 1.29 is 13.2 Å². The molecule has 2 unspecified atom stereocenters. The number of nitrogens with zero attached hydrogens (tertiary/aromatic N) is 1. The smallest absolute Gasteiger partial charge is 0.242 e. The second-order valence-electron chi connectivity index (χ2n) is 7.48. The van der Waals surface area contributed by atoms with Gasteiger partial charge in [-0.1, -0.05) is 48.5 Å². The Morgan fingerprint density at radius 1 is 0.933 bits per heavy atom. The number of anilines is 1. The van der Waals surface area contributed by atoms with Crippen LogP contribution < -0.4 is 10.6 Å². The molecular weight excluding hydrogens is 398 g/mol. The highest BCUT2D eigenvalue weighted by Crippen LogP contribution is 2.24. The van der Waals surface area contributed by atoms with Crippen molar-refractivity contribution in [1.82, 2.24) is 9.62 Å². The molecule has 2 N–H and O–H groups in total. The third-order valence-corrected chi connectivity index (χ3v) is 6.87. The Hall–Kier alpha value is -2.74. The van der Waals surface area contributed by atoms with Crippen molar-refractivity contribution in [2.24, 2.45) is 0 Å². The van der Waals surface area contributed by atoms with Crippen molar-refractivity contribution >= 4 is 32.4 Å². The lowest BCUT2D eigenvalue weighted by Crippen LogP contribution is -2.39. The zero-order valence-corrected chi connectivity index (χ0v) is 18.4. The number of rotatable bonds is 7. The predicted molar refractivity (Wildman–Crippen MR) is 121 cm³/mol. The summed E-state index contributed by atoms with van der Waals surface area (Å²) in [7, 11) is -0.618. The average molecular weight is 426 g/mol. The fourth-order valence-corrected chi connectivity index (χ4v) is 4.31. The summed E-state index contributed by atoms with van der Waals surface area (Å²) in [4.78, 5) is 12.8. The van der Waals surface area contributed by atoms with Crippen LogP contribution in [0.5, 0.6) is 0 Å². The van der Waals surface area contributed by atoms with Crippen LogP contribution in [0.4, 0.5) is 5.69 Å². The molecule has 3 aromatic rings. The van der Waals surface area contributed by atoms with E-state index in [-0.39, 0.29) is 16.8 Å². The van der Waals surface area contributed by atoms with Crippen molar-refractivity contribution in [1.29, 1.82) is 0 Å². The summed E-state index contributed by atoms with van der Waals surface area (Å²) in [5.41, 5.74) is 1.56. The number of nitrogens with one attached hydrogen (secondary N) is 2. The predicted octanol–water partition coefficient (Wildman–Crippen LogP) is 3.77. The van der Waals surface area contributed by atoms with Crippen LogP contribution in [-0.4, -0.2) is 38.8 Å². The third-order valence-electron chi connectivity index (χ3n) is 5.06. The van der Waals surface area contributed by atoms with E-state index >= 15 is 0 Å². The number of fused-ring (bicyclic) bond motifs is 1. The Kier molecular flexibility index (Phi) is 6.55. The fraction of sp³-hybridized carbons (Fsp3) is 0.261. The van der Waals surface area contributed by atoms with E-state index < -0.39 is 16.1 Å². The molecule has 3 aromatic carbocycles. The quantitative estimate of drug-likeness (QED) is 0.604. The van der Waals surface area contributed by atoms with Gasteiger partial charge in [0.15, 0.2) is 0 Å². The van der Waals surface area contributed by atoms with Gasteiger partial charge in [-0.2, -0.15) is 0 Å². The van der Waals surface area contributed by atoms with E-state index in [9.17, 15) is 13.2 Å². The van der Waals surface area contributed by atoms with Gasteiger partial charge in [-0.05, 0) is 48.4 Å². The van der Waals surface area contributed by atoms with Crippen LogP contribution in [-0.2, 0) is 14.8 Å². The minimum atomic E-state index is -3.56. The van der Waals surface area contributed by atoms with Crippen LogP contribution in [0.1, 0.15) is 25.5 Å². The fourth-order valence-electron chi connectivity index (χ4n) is 3.36. The molecule has 0 bridgehead atoms. The van der Waals surface area contributed by atoms with Gasteiger partial charge in [-0.25, -0.2) is 12.7 Å². The molecule has 1 amide bonds. The highest BCUT2D eigenvalue weighted by Gasteiger charge is 2.20. The van der Waals surface area contributed by atoms with Crippen LogP contribution in [0, 0.1) is 0 Å². The van der Waals surface area contributed by atoms with Crippen LogP contribution in [0.2, 0.25) is 0 Å². The summed E-state index contributed by atoms with van der Waals surface area (Å²) in [5, 5.41) is 8.44. The molecule has 6 nitrogen and oxygen atoms in total. The van der Waals surface area contributed by atoms with E-state index in [0.717, 1.165) is 20.6 Å². The SMILES string of the molecule is CC(NC(C)c1cccc2ccccc12)C(=O)Nc1cccc(S(=O)(=O)N(C)C)c1. The summed E-state index contributed by atoms with van der Waals surface area (Å²) >= 11 is 0. The van der Waals surface area contributed by atoms with Gasteiger partial charge in [0, 0.05) is 25.8 Å². The Morgan fingerprint density at radius 2 is 1.60 bits per heavy atom. The third kappa shape index (κ3) is 4.70. The summed E-state index contributed by atoms with van der Waals surface area (Å²) in [6.07, 6.45) is 0. The van der Waals surface area contributed by atoms with Gasteiger partial charge in [0.05, 0.1) is 10.9 Å². The lowest BCUT2D eigenvalue weighted by molar-refractivity contribution is -0.117. The summed E-state index contributed by atoms with van der Waals surface area (Å²) in [5.74, 6) is -0.235. The first-order valence-electron chi connectivity index (χ1n) is 9.77. The summed E-state index contributed by atoms with van der Waals surface area (Å²) in [6.45, 7) is 3.81. The Bertz CT molecular complexity index is 1150. The van der Waals surface area contributed by atoms with E-state index in [2.05, 4.69) is 34.9 Å². The van der Waals surface area contributed by atoms with Crippen LogP contribution in [0.25, 0.3) is 10.8 Å². The lowest BCUT2D eigenvalue weighted by atomic mass is 9.99. The normalized spacial score (nSPS) is 13.9. The molecule has 0 saturated heterocycles. The number of sulfonamides is 1. The van der Waals surface area contributed by atoms with Crippen LogP contribution in [0.15, 0.2) is 71.6 Å². The van der Waals surface area contributed by atoms with Gasteiger partial charge in [0.1, 0.15) is 0 Å². The maximum atomic E-state index is 12.7. The number of carbonyl (C=O) groups excluding carboxylic acids is 1. The van der Waals surface area contributed by atoms with E-state index in [1.54, 1.807) is 19.1 Å². The molecule has 0 aliphatic heterocycles. The van der Waals surface area contributed by atoms with Crippen molar-refractivity contribution in [3.05, 3.63) is 72.3 Å². The molecule has 0 fully saturated rings. The second-order valence-corrected chi connectivity index (χ2v) is 9.63. The zero-order chi connectivity index (χ0) is 21.9. The van der Waals surface area contributed by atoms with Gasteiger partial charge in [0.25, 0.3) is 0 Å². The molecule has 0 aliphatic carbocycles. The maximum Gasteiger partial charge on any atom is 0.242 e. The largest absolute Gasteiger partial charge is 0.325 e. The van der Waals surface area contributed by atoms with Gasteiger partial charge in [-0.3, -0.25) is 10.1 Å². The number of hydrogen-bond acceptors (Lipinski definition) is 4. The first-order chi connectivity index (χ1) is 14.2. The molecular formula is C23H27N3O3S. The number of carbonyl (C=O) groups is 1. The Balaban J connectivity index is 1.72. The van der Waals surface area contributed by atoms with E-state index in [0.29, 0.717) is 5.69 Å². The number of benzene rings is 3.